The molecular weight excluding hydrogens is 501 g/mol. The number of nitrogens with zero attached hydrogens (tertiary/aromatic N) is 3. The second kappa shape index (κ2) is 9.67. The van der Waals surface area contributed by atoms with Crippen LogP contribution in [0.2, 0.25) is 5.02 Å². The minimum Gasteiger partial charge on any atom is -0.326 e. The van der Waals surface area contributed by atoms with E-state index in [9.17, 15) is 22.8 Å². The zero-order chi connectivity index (χ0) is 25.5. The van der Waals surface area contributed by atoms with Crippen molar-refractivity contribution in [2.75, 3.05) is 6.54 Å². The summed E-state index contributed by atoms with van der Waals surface area (Å²) in [4.78, 5) is 26.5. The maximum atomic E-state index is 13.5. The van der Waals surface area contributed by atoms with Crippen LogP contribution in [-0.4, -0.2) is 38.4 Å². The predicted octanol–water partition coefficient (Wildman–Crippen LogP) is 5.78. The highest BCUT2D eigenvalue weighted by Crippen LogP contribution is 2.35. The maximum absolute atomic E-state index is 13.5. The predicted molar refractivity (Wildman–Crippen MR) is 131 cm³/mol. The molecule has 2 heterocycles. The molecule has 0 radical (unpaired) electrons. The monoisotopic (exact) mass is 522 g/mol. The fourth-order valence-corrected chi connectivity index (χ4v) is 4.68. The number of benzene rings is 2. The van der Waals surface area contributed by atoms with Crippen LogP contribution in [0.25, 0.3) is 17.0 Å². The second-order valence-corrected chi connectivity index (χ2v) is 10.0. The Labute approximate surface area is 208 Å². The lowest BCUT2D eigenvalue weighted by molar-refractivity contribution is -0.138. The van der Waals surface area contributed by atoms with Gasteiger partial charge in [0.05, 0.1) is 28.7 Å². The molecule has 1 aliphatic heterocycles. The molecule has 0 saturated carbocycles. The number of carbonyl (C=O) groups is 2. The van der Waals surface area contributed by atoms with Crippen molar-refractivity contribution in [2.24, 2.45) is 11.7 Å². The zero-order valence-electron chi connectivity index (χ0n) is 18.8. The Morgan fingerprint density at radius 1 is 1.17 bits per heavy atom. The molecule has 4 rings (SSSR count). The standard InChI is InChI=1S/C24H22ClF3N4O2S/c1-13(2)19(29)12-31-22(33)21(35-23(31)34)8-14-3-6-20-16(7-14)10-30-32(20)11-15-4-5-17(25)9-18(15)24(26,27)28/h3-10,13,19H,11-12,29H2,1-2H3/t19-/m0/s1. The highest BCUT2D eigenvalue weighted by Gasteiger charge is 2.36. The Hall–Kier alpha value is -2.82. The number of carbonyl (C=O) groups excluding carboxylic acids is 2. The van der Waals surface area contributed by atoms with Gasteiger partial charge in [-0.2, -0.15) is 18.3 Å². The third-order valence-electron chi connectivity index (χ3n) is 5.78. The molecule has 0 bridgehead atoms. The summed E-state index contributed by atoms with van der Waals surface area (Å²) in [6.07, 6.45) is -1.38. The summed E-state index contributed by atoms with van der Waals surface area (Å²) in [5, 5.41) is 4.57. The summed E-state index contributed by atoms with van der Waals surface area (Å²) >= 11 is 6.62. The van der Waals surface area contributed by atoms with E-state index in [-0.39, 0.29) is 45.8 Å². The first-order valence-corrected chi connectivity index (χ1v) is 12.0. The van der Waals surface area contributed by atoms with E-state index in [1.54, 1.807) is 30.5 Å². The van der Waals surface area contributed by atoms with Crippen LogP contribution in [0.3, 0.4) is 0 Å². The third kappa shape index (κ3) is 5.39. The van der Waals surface area contributed by atoms with Gasteiger partial charge in [-0.25, -0.2) is 0 Å². The van der Waals surface area contributed by atoms with Gasteiger partial charge in [-0.15, -0.1) is 0 Å². The highest BCUT2D eigenvalue weighted by molar-refractivity contribution is 8.18. The van der Waals surface area contributed by atoms with Crippen molar-refractivity contribution in [3.05, 3.63) is 69.2 Å². The first kappa shape index (κ1) is 25.3. The quantitative estimate of drug-likeness (QED) is 0.415. The summed E-state index contributed by atoms with van der Waals surface area (Å²) in [5.41, 5.74) is 6.56. The molecule has 2 amide bonds. The number of rotatable bonds is 6. The van der Waals surface area contributed by atoms with Crippen molar-refractivity contribution >= 4 is 51.5 Å². The van der Waals surface area contributed by atoms with E-state index in [0.29, 0.717) is 16.5 Å². The van der Waals surface area contributed by atoms with Gasteiger partial charge in [-0.1, -0.05) is 37.6 Å². The van der Waals surface area contributed by atoms with Crippen molar-refractivity contribution in [3.63, 3.8) is 0 Å². The van der Waals surface area contributed by atoms with Crippen LogP contribution in [0.5, 0.6) is 0 Å². The Morgan fingerprint density at radius 2 is 1.91 bits per heavy atom. The van der Waals surface area contributed by atoms with Crippen LogP contribution >= 0.6 is 23.4 Å². The largest absolute Gasteiger partial charge is 0.416 e. The third-order valence-corrected chi connectivity index (χ3v) is 6.93. The van der Waals surface area contributed by atoms with Gasteiger partial charge >= 0.3 is 6.18 Å². The van der Waals surface area contributed by atoms with Gasteiger partial charge < -0.3 is 5.73 Å². The van der Waals surface area contributed by atoms with Crippen LogP contribution in [0.1, 0.15) is 30.5 Å². The fraction of sp³-hybridized carbons (Fsp3) is 0.292. The number of halogens is 4. The topological polar surface area (TPSA) is 81.2 Å². The molecule has 0 unspecified atom stereocenters. The molecular formula is C24H22ClF3N4O2S. The van der Waals surface area contributed by atoms with Gasteiger partial charge in [0, 0.05) is 23.0 Å². The lowest BCUT2D eigenvalue weighted by Crippen LogP contribution is -2.42. The molecule has 1 aromatic heterocycles. The number of aromatic nitrogens is 2. The smallest absolute Gasteiger partial charge is 0.326 e. The van der Waals surface area contributed by atoms with Crippen molar-refractivity contribution < 1.29 is 22.8 Å². The molecule has 1 atom stereocenters. The van der Waals surface area contributed by atoms with E-state index in [1.807, 2.05) is 13.8 Å². The molecule has 35 heavy (non-hydrogen) atoms. The molecule has 1 saturated heterocycles. The number of hydrogen-bond acceptors (Lipinski definition) is 5. The van der Waals surface area contributed by atoms with Crippen molar-refractivity contribution in [1.82, 2.24) is 14.7 Å². The van der Waals surface area contributed by atoms with Crippen LogP contribution in [0, 0.1) is 5.92 Å². The molecule has 1 fully saturated rings. The van der Waals surface area contributed by atoms with Gasteiger partial charge in [0.25, 0.3) is 11.1 Å². The Kier molecular flexibility index (Phi) is 6.99. The average molecular weight is 523 g/mol. The van der Waals surface area contributed by atoms with Crippen molar-refractivity contribution in [1.29, 1.82) is 0 Å². The van der Waals surface area contributed by atoms with Crippen LogP contribution in [-0.2, 0) is 17.5 Å². The Bertz CT molecular complexity index is 1340. The average Bonchev–Trinajstić information content (AvgIpc) is 3.29. The molecule has 11 heteroatoms. The molecule has 0 spiro atoms. The molecule has 6 nitrogen and oxygen atoms in total. The number of fused-ring (bicyclic) bond motifs is 1. The number of amides is 2. The summed E-state index contributed by atoms with van der Waals surface area (Å²) < 4.78 is 41.8. The Balaban J connectivity index is 1.58. The number of hydrogen-bond donors (Lipinski definition) is 1. The molecule has 0 aliphatic carbocycles. The minimum absolute atomic E-state index is 0.00615. The van der Waals surface area contributed by atoms with Crippen molar-refractivity contribution in [3.8, 4) is 0 Å². The van der Waals surface area contributed by atoms with Crippen molar-refractivity contribution in [2.45, 2.75) is 32.6 Å². The number of alkyl halides is 3. The molecule has 3 aromatic rings. The lowest BCUT2D eigenvalue weighted by atomic mass is 10.1. The number of nitrogens with two attached hydrogens (primary N) is 1. The van der Waals surface area contributed by atoms with Gasteiger partial charge in [0.2, 0.25) is 0 Å². The highest BCUT2D eigenvalue weighted by atomic mass is 35.5. The molecule has 184 valence electrons. The fourth-order valence-electron chi connectivity index (χ4n) is 3.66. The van der Waals surface area contributed by atoms with E-state index in [1.165, 1.54) is 16.8 Å². The van der Waals surface area contributed by atoms with E-state index >= 15 is 0 Å². The van der Waals surface area contributed by atoms with Crippen LogP contribution in [0.4, 0.5) is 18.0 Å². The molecule has 2 N–H and O–H groups in total. The van der Waals surface area contributed by atoms with E-state index in [4.69, 9.17) is 17.3 Å². The van der Waals surface area contributed by atoms with Crippen LogP contribution < -0.4 is 5.73 Å². The van der Waals surface area contributed by atoms with Gasteiger partial charge in [-0.3, -0.25) is 19.2 Å². The normalized spacial score (nSPS) is 16.8. The number of thioether (sulfide) groups is 1. The SMILES string of the molecule is CC(C)[C@@H](N)CN1C(=O)SC(=Cc2ccc3c(cnn3Cc3ccc(Cl)cc3C(F)(F)F)c2)C1=O. The molecule has 1 aliphatic rings. The van der Waals surface area contributed by atoms with Gasteiger partial charge in [-0.05, 0) is 59.1 Å². The lowest BCUT2D eigenvalue weighted by Gasteiger charge is -2.20. The summed E-state index contributed by atoms with van der Waals surface area (Å²) in [6, 6.07) is 8.55. The first-order valence-electron chi connectivity index (χ1n) is 10.8. The van der Waals surface area contributed by atoms with E-state index in [0.717, 1.165) is 22.7 Å². The summed E-state index contributed by atoms with van der Waals surface area (Å²) in [5.74, 6) is -0.276. The van der Waals surface area contributed by atoms with Gasteiger partial charge in [0.15, 0.2) is 0 Å². The van der Waals surface area contributed by atoms with Crippen LogP contribution in [0.15, 0.2) is 47.5 Å². The summed E-state index contributed by atoms with van der Waals surface area (Å²) in [7, 11) is 0. The molecule has 2 aromatic carbocycles. The summed E-state index contributed by atoms with van der Waals surface area (Å²) in [6.45, 7) is 3.90. The minimum atomic E-state index is -4.54. The first-order chi connectivity index (χ1) is 16.4. The van der Waals surface area contributed by atoms with E-state index < -0.39 is 17.6 Å². The maximum Gasteiger partial charge on any atom is 0.416 e. The zero-order valence-corrected chi connectivity index (χ0v) is 20.4. The second-order valence-electron chi connectivity index (χ2n) is 8.62. The number of imide groups is 1. The van der Waals surface area contributed by atoms with Gasteiger partial charge in [0.1, 0.15) is 0 Å². The van der Waals surface area contributed by atoms with E-state index in [2.05, 4.69) is 5.10 Å². The Morgan fingerprint density at radius 3 is 2.60 bits per heavy atom.